The SMILES string of the molecule is CN1C(=S)Nc2ccc(Cl)cc2C1(CN)c1ccccc1. The second-order valence-corrected chi connectivity index (χ2v) is 5.93. The van der Waals surface area contributed by atoms with Gasteiger partial charge in [0.15, 0.2) is 5.11 Å². The van der Waals surface area contributed by atoms with Crippen molar-refractivity contribution in [2.24, 2.45) is 5.73 Å². The molecule has 0 bridgehead atoms. The van der Waals surface area contributed by atoms with Crippen LogP contribution >= 0.6 is 23.8 Å². The minimum Gasteiger partial charge on any atom is -0.337 e. The van der Waals surface area contributed by atoms with Gasteiger partial charge in [0.25, 0.3) is 0 Å². The molecule has 0 aliphatic carbocycles. The molecule has 3 rings (SSSR count). The summed E-state index contributed by atoms with van der Waals surface area (Å²) in [5, 5.41) is 4.58. The third-order valence-electron chi connectivity index (χ3n) is 4.09. The highest BCUT2D eigenvalue weighted by Crippen LogP contribution is 2.42. The van der Waals surface area contributed by atoms with Crippen molar-refractivity contribution in [3.8, 4) is 0 Å². The van der Waals surface area contributed by atoms with Crippen molar-refractivity contribution in [3.63, 3.8) is 0 Å². The normalized spacial score (nSPS) is 20.9. The number of nitrogens with two attached hydrogens (primary N) is 1. The Morgan fingerprint density at radius 3 is 2.62 bits per heavy atom. The Balaban J connectivity index is 2.32. The van der Waals surface area contributed by atoms with Gasteiger partial charge >= 0.3 is 0 Å². The molecule has 3 N–H and O–H groups in total. The van der Waals surface area contributed by atoms with Crippen LogP contribution in [-0.4, -0.2) is 23.6 Å². The maximum Gasteiger partial charge on any atom is 0.174 e. The maximum absolute atomic E-state index is 6.22. The first-order valence-electron chi connectivity index (χ1n) is 6.70. The topological polar surface area (TPSA) is 41.3 Å². The van der Waals surface area contributed by atoms with Crippen LogP contribution in [0.4, 0.5) is 5.69 Å². The van der Waals surface area contributed by atoms with Crippen LogP contribution in [0, 0.1) is 0 Å². The molecular formula is C16H16ClN3S. The van der Waals surface area contributed by atoms with Crippen LogP contribution in [0.5, 0.6) is 0 Å². The number of nitrogens with zero attached hydrogens (tertiary/aromatic N) is 1. The molecule has 2 aromatic carbocycles. The fourth-order valence-corrected chi connectivity index (χ4v) is 3.39. The summed E-state index contributed by atoms with van der Waals surface area (Å²) < 4.78 is 0. The van der Waals surface area contributed by atoms with E-state index in [1.54, 1.807) is 0 Å². The number of fused-ring (bicyclic) bond motifs is 1. The van der Waals surface area contributed by atoms with Gasteiger partial charge < -0.3 is 16.0 Å². The standard InChI is InChI=1S/C16H16ClN3S/c1-20-15(21)19-14-8-7-12(17)9-13(14)16(20,10-18)11-5-3-2-4-6-11/h2-9H,10,18H2,1H3,(H,19,21). The van der Waals surface area contributed by atoms with Crippen LogP contribution in [0.1, 0.15) is 11.1 Å². The van der Waals surface area contributed by atoms with E-state index in [-0.39, 0.29) is 0 Å². The van der Waals surface area contributed by atoms with Crippen LogP contribution in [0.15, 0.2) is 48.5 Å². The van der Waals surface area contributed by atoms with Crippen molar-refractivity contribution in [3.05, 3.63) is 64.7 Å². The minimum absolute atomic E-state index is 0.405. The fourth-order valence-electron chi connectivity index (χ4n) is 2.95. The molecule has 1 atom stereocenters. The van der Waals surface area contributed by atoms with Gasteiger partial charge in [-0.1, -0.05) is 41.9 Å². The molecule has 0 fully saturated rings. The molecular weight excluding hydrogens is 302 g/mol. The lowest BCUT2D eigenvalue weighted by atomic mass is 9.79. The van der Waals surface area contributed by atoms with Gasteiger partial charge in [0, 0.05) is 29.9 Å². The van der Waals surface area contributed by atoms with Crippen molar-refractivity contribution in [2.75, 3.05) is 18.9 Å². The Labute approximate surface area is 134 Å². The summed E-state index contributed by atoms with van der Waals surface area (Å²) in [4.78, 5) is 2.01. The van der Waals surface area contributed by atoms with Gasteiger partial charge in [-0.2, -0.15) is 0 Å². The number of benzene rings is 2. The molecule has 1 aliphatic heterocycles. The lowest BCUT2D eigenvalue weighted by molar-refractivity contribution is 0.268. The first kappa shape index (κ1) is 14.3. The quantitative estimate of drug-likeness (QED) is 0.835. The summed E-state index contributed by atoms with van der Waals surface area (Å²) in [5.41, 5.74) is 8.80. The van der Waals surface area contributed by atoms with Crippen molar-refractivity contribution in [2.45, 2.75) is 5.54 Å². The molecule has 3 nitrogen and oxygen atoms in total. The average Bonchev–Trinajstić information content (AvgIpc) is 2.51. The highest BCUT2D eigenvalue weighted by atomic mass is 35.5. The first-order chi connectivity index (χ1) is 10.1. The number of rotatable bonds is 2. The first-order valence-corrected chi connectivity index (χ1v) is 7.48. The second kappa shape index (κ2) is 5.30. The van der Waals surface area contributed by atoms with Crippen molar-refractivity contribution < 1.29 is 0 Å². The molecule has 0 radical (unpaired) electrons. The minimum atomic E-state index is -0.510. The molecule has 0 saturated carbocycles. The lowest BCUT2D eigenvalue weighted by Gasteiger charge is -2.47. The van der Waals surface area contributed by atoms with Crippen LogP contribution in [0.25, 0.3) is 0 Å². The Morgan fingerprint density at radius 1 is 1.24 bits per heavy atom. The maximum atomic E-state index is 6.22. The number of halogens is 1. The number of nitrogens with one attached hydrogen (secondary N) is 1. The van der Waals surface area contributed by atoms with E-state index in [2.05, 4.69) is 17.4 Å². The summed E-state index contributed by atoms with van der Waals surface area (Å²) in [6, 6.07) is 15.9. The molecule has 2 aromatic rings. The Hall–Kier alpha value is -1.62. The van der Waals surface area contributed by atoms with Gasteiger partial charge in [-0.05, 0) is 36.0 Å². The van der Waals surface area contributed by atoms with E-state index >= 15 is 0 Å². The summed E-state index contributed by atoms with van der Waals surface area (Å²) in [7, 11) is 1.96. The molecule has 0 aromatic heterocycles. The van der Waals surface area contributed by atoms with E-state index in [1.807, 2.05) is 48.3 Å². The highest BCUT2D eigenvalue weighted by Gasteiger charge is 2.43. The zero-order chi connectivity index (χ0) is 15.0. The third-order valence-corrected chi connectivity index (χ3v) is 4.70. The van der Waals surface area contributed by atoms with E-state index in [0.717, 1.165) is 16.8 Å². The molecule has 1 heterocycles. The van der Waals surface area contributed by atoms with E-state index in [0.29, 0.717) is 16.7 Å². The van der Waals surface area contributed by atoms with E-state index in [9.17, 15) is 0 Å². The van der Waals surface area contributed by atoms with E-state index in [4.69, 9.17) is 29.6 Å². The average molecular weight is 318 g/mol. The lowest BCUT2D eigenvalue weighted by Crippen LogP contribution is -2.57. The van der Waals surface area contributed by atoms with Crippen LogP contribution in [0.2, 0.25) is 5.02 Å². The Morgan fingerprint density at radius 2 is 1.95 bits per heavy atom. The summed E-state index contributed by atoms with van der Waals surface area (Å²) in [5.74, 6) is 0. The number of thiocarbonyl (C=S) groups is 1. The largest absolute Gasteiger partial charge is 0.337 e. The van der Waals surface area contributed by atoms with Gasteiger partial charge in [0.05, 0.1) is 0 Å². The van der Waals surface area contributed by atoms with Crippen molar-refractivity contribution in [1.82, 2.24) is 4.90 Å². The molecule has 108 valence electrons. The predicted octanol–water partition coefficient (Wildman–Crippen LogP) is 3.18. The molecule has 5 heteroatoms. The molecule has 1 aliphatic rings. The van der Waals surface area contributed by atoms with Crippen molar-refractivity contribution >= 4 is 34.6 Å². The van der Waals surface area contributed by atoms with E-state index in [1.165, 1.54) is 0 Å². The Bertz CT molecular complexity index is 689. The number of likely N-dealkylation sites (N-methyl/N-ethyl adjacent to an activating group) is 1. The van der Waals surface area contributed by atoms with Crippen molar-refractivity contribution in [1.29, 1.82) is 0 Å². The number of hydrogen-bond acceptors (Lipinski definition) is 2. The van der Waals surface area contributed by atoms with Crippen LogP contribution in [0.3, 0.4) is 0 Å². The molecule has 0 amide bonds. The van der Waals surface area contributed by atoms with Gasteiger partial charge in [-0.3, -0.25) is 0 Å². The summed E-state index contributed by atoms with van der Waals surface area (Å²) in [6.45, 7) is 0.405. The molecule has 1 unspecified atom stereocenters. The molecule has 0 spiro atoms. The zero-order valence-electron chi connectivity index (χ0n) is 11.6. The summed E-state index contributed by atoms with van der Waals surface area (Å²) >= 11 is 11.7. The monoisotopic (exact) mass is 317 g/mol. The van der Waals surface area contributed by atoms with Crippen LogP contribution < -0.4 is 11.1 Å². The fraction of sp³-hybridized carbons (Fsp3) is 0.188. The van der Waals surface area contributed by atoms with Gasteiger partial charge in [-0.15, -0.1) is 0 Å². The second-order valence-electron chi connectivity index (χ2n) is 5.11. The smallest absolute Gasteiger partial charge is 0.174 e. The molecule has 0 saturated heterocycles. The number of hydrogen-bond donors (Lipinski definition) is 2. The van der Waals surface area contributed by atoms with Crippen LogP contribution in [-0.2, 0) is 5.54 Å². The zero-order valence-corrected chi connectivity index (χ0v) is 13.2. The van der Waals surface area contributed by atoms with Gasteiger partial charge in [-0.25, -0.2) is 0 Å². The van der Waals surface area contributed by atoms with Gasteiger partial charge in [0.1, 0.15) is 5.54 Å². The predicted molar refractivity (Wildman–Crippen MR) is 91.7 cm³/mol. The highest BCUT2D eigenvalue weighted by molar-refractivity contribution is 7.80. The number of anilines is 1. The van der Waals surface area contributed by atoms with Gasteiger partial charge in [0.2, 0.25) is 0 Å². The third kappa shape index (κ3) is 2.11. The Kier molecular flexibility index (Phi) is 3.61. The molecule has 21 heavy (non-hydrogen) atoms. The summed E-state index contributed by atoms with van der Waals surface area (Å²) in [6.07, 6.45) is 0. The van der Waals surface area contributed by atoms with E-state index < -0.39 is 5.54 Å².